The summed E-state index contributed by atoms with van der Waals surface area (Å²) in [7, 11) is 1.59. The van der Waals surface area contributed by atoms with Gasteiger partial charge in [-0.15, -0.1) is 0 Å². The standard InChI is InChI=1S/C18H19NO2/c1-21-16-10-6-5-9-15(16)18(20)19-17(14-11-12-14)13-7-3-2-4-8-13/h2-10,14,17H,11-12H2,1H3,(H,19,20)/t17-/m0/s1. The van der Waals surface area contributed by atoms with Gasteiger partial charge < -0.3 is 10.1 Å². The Bertz CT molecular complexity index is 620. The minimum atomic E-state index is -0.0757. The van der Waals surface area contributed by atoms with Gasteiger partial charge in [-0.05, 0) is 36.5 Å². The predicted octanol–water partition coefficient (Wildman–Crippen LogP) is 3.58. The first-order chi connectivity index (χ1) is 10.3. The summed E-state index contributed by atoms with van der Waals surface area (Å²) < 4.78 is 5.27. The van der Waals surface area contributed by atoms with Gasteiger partial charge in [0.05, 0.1) is 18.7 Å². The van der Waals surface area contributed by atoms with E-state index in [0.29, 0.717) is 17.2 Å². The van der Waals surface area contributed by atoms with Crippen LogP contribution in [0.25, 0.3) is 0 Å². The maximum Gasteiger partial charge on any atom is 0.255 e. The summed E-state index contributed by atoms with van der Waals surface area (Å²) in [5, 5.41) is 3.17. The second-order valence-electron chi connectivity index (χ2n) is 5.40. The molecule has 1 amide bonds. The first-order valence-corrected chi connectivity index (χ1v) is 7.28. The highest BCUT2D eigenvalue weighted by Crippen LogP contribution is 2.41. The lowest BCUT2D eigenvalue weighted by Gasteiger charge is -2.19. The molecule has 1 N–H and O–H groups in total. The average Bonchev–Trinajstić information content (AvgIpc) is 3.38. The lowest BCUT2D eigenvalue weighted by atomic mass is 10.0. The van der Waals surface area contributed by atoms with Gasteiger partial charge in [0.2, 0.25) is 0 Å². The van der Waals surface area contributed by atoms with E-state index < -0.39 is 0 Å². The van der Waals surface area contributed by atoms with Gasteiger partial charge in [-0.2, -0.15) is 0 Å². The van der Waals surface area contributed by atoms with Crippen LogP contribution in [0.15, 0.2) is 54.6 Å². The highest BCUT2D eigenvalue weighted by atomic mass is 16.5. The molecule has 108 valence electrons. The number of benzene rings is 2. The molecular formula is C18H19NO2. The van der Waals surface area contributed by atoms with Crippen molar-refractivity contribution in [2.75, 3.05) is 7.11 Å². The van der Waals surface area contributed by atoms with E-state index in [9.17, 15) is 4.79 Å². The van der Waals surface area contributed by atoms with Crippen LogP contribution in [-0.2, 0) is 0 Å². The summed E-state index contributed by atoms with van der Waals surface area (Å²) in [5.74, 6) is 1.08. The number of rotatable bonds is 5. The molecule has 0 unspecified atom stereocenters. The Morgan fingerprint density at radius 1 is 1.10 bits per heavy atom. The fourth-order valence-corrected chi connectivity index (χ4v) is 2.61. The van der Waals surface area contributed by atoms with Crippen molar-refractivity contribution in [3.8, 4) is 5.75 Å². The van der Waals surface area contributed by atoms with Gasteiger partial charge in [0.1, 0.15) is 5.75 Å². The number of hydrogen-bond acceptors (Lipinski definition) is 2. The number of nitrogens with one attached hydrogen (secondary N) is 1. The summed E-state index contributed by atoms with van der Waals surface area (Å²) in [6.45, 7) is 0. The van der Waals surface area contributed by atoms with Crippen LogP contribution in [0.2, 0.25) is 0 Å². The van der Waals surface area contributed by atoms with Crippen LogP contribution >= 0.6 is 0 Å². The summed E-state index contributed by atoms with van der Waals surface area (Å²) in [6, 6.07) is 17.6. The van der Waals surface area contributed by atoms with Crippen molar-refractivity contribution >= 4 is 5.91 Å². The van der Waals surface area contributed by atoms with Crippen molar-refractivity contribution in [3.63, 3.8) is 0 Å². The Kier molecular flexibility index (Phi) is 3.91. The maximum atomic E-state index is 12.5. The molecule has 0 aromatic heterocycles. The van der Waals surface area contributed by atoms with Crippen LogP contribution in [0.5, 0.6) is 5.75 Å². The molecule has 0 bridgehead atoms. The van der Waals surface area contributed by atoms with Gasteiger partial charge in [0.25, 0.3) is 5.91 Å². The Morgan fingerprint density at radius 2 is 1.76 bits per heavy atom. The molecule has 1 atom stereocenters. The van der Waals surface area contributed by atoms with Gasteiger partial charge in [0, 0.05) is 0 Å². The third kappa shape index (κ3) is 3.07. The molecule has 3 rings (SSSR count). The fourth-order valence-electron chi connectivity index (χ4n) is 2.61. The number of amides is 1. The summed E-state index contributed by atoms with van der Waals surface area (Å²) in [5.41, 5.74) is 1.75. The summed E-state index contributed by atoms with van der Waals surface area (Å²) in [4.78, 5) is 12.5. The maximum absolute atomic E-state index is 12.5. The van der Waals surface area contributed by atoms with E-state index in [4.69, 9.17) is 4.74 Å². The molecule has 1 aliphatic carbocycles. The number of carbonyl (C=O) groups excluding carboxylic acids is 1. The molecule has 0 radical (unpaired) electrons. The molecule has 2 aromatic rings. The number of carbonyl (C=O) groups is 1. The van der Waals surface area contributed by atoms with Gasteiger partial charge in [-0.25, -0.2) is 0 Å². The summed E-state index contributed by atoms with van der Waals surface area (Å²) >= 11 is 0. The average molecular weight is 281 g/mol. The number of hydrogen-bond donors (Lipinski definition) is 1. The van der Waals surface area contributed by atoms with Crippen molar-refractivity contribution in [2.24, 2.45) is 5.92 Å². The van der Waals surface area contributed by atoms with Gasteiger partial charge in [-0.3, -0.25) is 4.79 Å². The van der Waals surface area contributed by atoms with Crippen LogP contribution in [0.1, 0.15) is 34.8 Å². The number of ether oxygens (including phenoxy) is 1. The Morgan fingerprint density at radius 3 is 2.43 bits per heavy atom. The number of para-hydroxylation sites is 1. The SMILES string of the molecule is COc1ccccc1C(=O)N[C@@H](c1ccccc1)C1CC1. The first-order valence-electron chi connectivity index (χ1n) is 7.28. The van der Waals surface area contributed by atoms with Crippen LogP contribution in [0, 0.1) is 5.92 Å². The third-order valence-corrected chi connectivity index (χ3v) is 3.89. The van der Waals surface area contributed by atoms with Crippen LogP contribution in [0.4, 0.5) is 0 Å². The van der Waals surface area contributed by atoms with E-state index >= 15 is 0 Å². The van der Waals surface area contributed by atoms with Crippen LogP contribution < -0.4 is 10.1 Å². The molecule has 21 heavy (non-hydrogen) atoms. The smallest absolute Gasteiger partial charge is 0.255 e. The molecule has 3 heteroatoms. The minimum Gasteiger partial charge on any atom is -0.496 e. The Hall–Kier alpha value is -2.29. The van der Waals surface area contributed by atoms with E-state index in [-0.39, 0.29) is 11.9 Å². The molecule has 1 aliphatic rings. The largest absolute Gasteiger partial charge is 0.496 e. The van der Waals surface area contributed by atoms with E-state index in [1.54, 1.807) is 13.2 Å². The summed E-state index contributed by atoms with van der Waals surface area (Å²) in [6.07, 6.45) is 2.34. The van der Waals surface area contributed by atoms with Crippen molar-refractivity contribution in [1.82, 2.24) is 5.32 Å². The van der Waals surface area contributed by atoms with E-state index in [2.05, 4.69) is 17.4 Å². The molecule has 3 nitrogen and oxygen atoms in total. The molecule has 0 aliphatic heterocycles. The second-order valence-corrected chi connectivity index (χ2v) is 5.40. The highest BCUT2D eigenvalue weighted by molar-refractivity contribution is 5.97. The monoisotopic (exact) mass is 281 g/mol. The predicted molar refractivity (Wildman–Crippen MR) is 82.4 cm³/mol. The fraction of sp³-hybridized carbons (Fsp3) is 0.278. The minimum absolute atomic E-state index is 0.0757. The highest BCUT2D eigenvalue weighted by Gasteiger charge is 2.33. The molecule has 1 saturated carbocycles. The lowest BCUT2D eigenvalue weighted by Crippen LogP contribution is -2.30. The van der Waals surface area contributed by atoms with Crippen LogP contribution in [0.3, 0.4) is 0 Å². The van der Waals surface area contributed by atoms with E-state index in [1.165, 1.54) is 18.4 Å². The van der Waals surface area contributed by atoms with Gasteiger partial charge >= 0.3 is 0 Å². The first kappa shape index (κ1) is 13.7. The van der Waals surface area contributed by atoms with Crippen molar-refractivity contribution in [1.29, 1.82) is 0 Å². The second kappa shape index (κ2) is 6.00. The van der Waals surface area contributed by atoms with Crippen molar-refractivity contribution in [2.45, 2.75) is 18.9 Å². The van der Waals surface area contributed by atoms with Crippen molar-refractivity contribution in [3.05, 3.63) is 65.7 Å². The molecule has 2 aromatic carbocycles. The van der Waals surface area contributed by atoms with Gasteiger partial charge in [-0.1, -0.05) is 42.5 Å². The van der Waals surface area contributed by atoms with E-state index in [0.717, 1.165) is 0 Å². The zero-order valence-corrected chi connectivity index (χ0v) is 12.1. The quantitative estimate of drug-likeness (QED) is 0.909. The molecule has 0 saturated heterocycles. The van der Waals surface area contributed by atoms with Crippen LogP contribution in [-0.4, -0.2) is 13.0 Å². The molecule has 1 fully saturated rings. The molecule has 0 heterocycles. The topological polar surface area (TPSA) is 38.3 Å². The Balaban J connectivity index is 1.82. The third-order valence-electron chi connectivity index (χ3n) is 3.89. The lowest BCUT2D eigenvalue weighted by molar-refractivity contribution is 0.0928. The molecular weight excluding hydrogens is 262 g/mol. The number of methoxy groups -OCH3 is 1. The van der Waals surface area contributed by atoms with Gasteiger partial charge in [0.15, 0.2) is 0 Å². The normalized spacial score (nSPS) is 15.3. The van der Waals surface area contributed by atoms with Crippen molar-refractivity contribution < 1.29 is 9.53 Å². The zero-order valence-electron chi connectivity index (χ0n) is 12.1. The molecule has 0 spiro atoms. The Labute approximate surface area is 124 Å². The van der Waals surface area contributed by atoms with E-state index in [1.807, 2.05) is 36.4 Å². The zero-order chi connectivity index (χ0) is 14.7.